The molecule has 0 radical (unpaired) electrons. The third-order valence-corrected chi connectivity index (χ3v) is 5.83. The Morgan fingerprint density at radius 3 is 2.56 bits per heavy atom. The molecule has 1 fully saturated rings. The second-order valence-corrected chi connectivity index (χ2v) is 8.20. The van der Waals surface area contributed by atoms with Gasteiger partial charge >= 0.3 is 12.0 Å². The van der Waals surface area contributed by atoms with Crippen molar-refractivity contribution in [3.05, 3.63) is 60.5 Å². The zero-order chi connectivity index (χ0) is 25.1. The molecule has 0 aliphatic carbocycles. The summed E-state index contributed by atoms with van der Waals surface area (Å²) >= 11 is 0. The highest BCUT2D eigenvalue weighted by atomic mass is 19.1. The lowest BCUT2D eigenvalue weighted by molar-refractivity contribution is -0.146. The van der Waals surface area contributed by atoms with Crippen molar-refractivity contribution in [1.82, 2.24) is 19.9 Å². The average Bonchev–Trinajstić information content (AvgIpc) is 3.32. The van der Waals surface area contributed by atoms with E-state index in [-0.39, 0.29) is 30.0 Å². The maximum atomic E-state index is 13.8. The zero-order valence-corrected chi connectivity index (χ0v) is 19.0. The molecule has 1 amide bonds. The number of likely N-dealkylation sites (tertiary alicyclic amines) is 1. The number of benzene rings is 2. The molecule has 0 unspecified atom stereocenters. The van der Waals surface area contributed by atoms with Gasteiger partial charge in [0.1, 0.15) is 11.3 Å². The van der Waals surface area contributed by atoms with Crippen LogP contribution in [-0.2, 0) is 9.59 Å². The van der Waals surface area contributed by atoms with Gasteiger partial charge in [-0.2, -0.15) is 4.98 Å². The van der Waals surface area contributed by atoms with Crippen molar-refractivity contribution in [1.29, 1.82) is 0 Å². The number of piperidine rings is 1. The highest BCUT2D eigenvalue weighted by Gasteiger charge is 2.27. The maximum Gasteiger partial charge on any atom is 0.325 e. The molecule has 36 heavy (non-hydrogen) atoms. The minimum absolute atomic E-state index is 0.00426. The first-order chi connectivity index (χ1) is 17.5. The Bertz CT molecular complexity index is 1400. The summed E-state index contributed by atoms with van der Waals surface area (Å²) in [7, 11) is 0. The number of oxazole rings is 1. The standard InChI is InChI=1S/C25H21FN4O6/c26-18-3-1-2-4-20(18)35-25-27-13-19-23(29-25)36-22(28-19)15-5-7-17(8-6-15)34-14-21(31)30-11-9-16(10-12-30)24(32)33/h1-8,13,16H,9-12,14H2,(H,32,33). The number of hydrogen-bond donors (Lipinski definition) is 1. The van der Waals surface area contributed by atoms with Crippen LogP contribution in [0.2, 0.25) is 0 Å². The Balaban J connectivity index is 1.20. The average molecular weight is 492 g/mol. The van der Waals surface area contributed by atoms with Gasteiger partial charge in [-0.25, -0.2) is 14.4 Å². The molecule has 2 aromatic heterocycles. The molecule has 0 spiro atoms. The number of amides is 1. The second-order valence-electron chi connectivity index (χ2n) is 8.20. The molecule has 4 aromatic rings. The quantitative estimate of drug-likeness (QED) is 0.408. The van der Waals surface area contributed by atoms with Crippen LogP contribution in [0.5, 0.6) is 17.5 Å². The van der Waals surface area contributed by atoms with Gasteiger partial charge in [0.2, 0.25) is 5.89 Å². The number of hydrogen-bond acceptors (Lipinski definition) is 8. The minimum Gasteiger partial charge on any atom is -0.484 e. The van der Waals surface area contributed by atoms with Gasteiger partial charge in [0.05, 0.1) is 12.1 Å². The number of nitrogens with zero attached hydrogens (tertiary/aromatic N) is 4. The van der Waals surface area contributed by atoms with E-state index in [2.05, 4.69) is 15.0 Å². The number of carboxylic acid groups (broad SMARTS) is 1. The molecule has 1 saturated heterocycles. The Kier molecular flexibility index (Phi) is 6.44. The number of carbonyl (C=O) groups excluding carboxylic acids is 1. The van der Waals surface area contributed by atoms with Crippen molar-refractivity contribution in [2.75, 3.05) is 19.7 Å². The van der Waals surface area contributed by atoms with Crippen LogP contribution in [0.3, 0.4) is 0 Å². The molecule has 1 aliphatic heterocycles. The van der Waals surface area contributed by atoms with E-state index in [0.29, 0.717) is 48.7 Å². The Morgan fingerprint density at radius 2 is 1.83 bits per heavy atom. The van der Waals surface area contributed by atoms with Crippen molar-refractivity contribution in [2.24, 2.45) is 5.92 Å². The molecule has 0 atom stereocenters. The fourth-order valence-electron chi connectivity index (χ4n) is 3.82. The normalized spacial score (nSPS) is 14.1. The maximum absolute atomic E-state index is 13.8. The van der Waals surface area contributed by atoms with Crippen molar-refractivity contribution < 1.29 is 33.0 Å². The van der Waals surface area contributed by atoms with Crippen molar-refractivity contribution >= 4 is 23.1 Å². The van der Waals surface area contributed by atoms with Gasteiger partial charge < -0.3 is 23.9 Å². The summed E-state index contributed by atoms with van der Waals surface area (Å²) in [6.07, 6.45) is 2.32. The van der Waals surface area contributed by atoms with E-state index in [1.165, 1.54) is 18.3 Å². The van der Waals surface area contributed by atoms with Gasteiger partial charge in [-0.1, -0.05) is 12.1 Å². The Labute approximate surface area is 204 Å². The fourth-order valence-corrected chi connectivity index (χ4v) is 3.82. The van der Waals surface area contributed by atoms with E-state index in [0.717, 1.165) is 0 Å². The van der Waals surface area contributed by atoms with E-state index >= 15 is 0 Å². The van der Waals surface area contributed by atoms with Crippen LogP contribution >= 0.6 is 0 Å². The monoisotopic (exact) mass is 492 g/mol. The SMILES string of the molecule is O=C(O)C1CCN(C(=O)COc2ccc(-c3nc4cnc(Oc5ccccc5F)nc4o3)cc2)CC1. The van der Waals surface area contributed by atoms with Crippen LogP contribution < -0.4 is 9.47 Å². The molecular formula is C25H21FN4O6. The summed E-state index contributed by atoms with van der Waals surface area (Å²) in [4.78, 5) is 37.6. The van der Waals surface area contributed by atoms with Gasteiger partial charge in [-0.15, -0.1) is 0 Å². The first-order valence-electron chi connectivity index (χ1n) is 11.3. The molecule has 0 saturated carbocycles. The smallest absolute Gasteiger partial charge is 0.325 e. The minimum atomic E-state index is -0.819. The van der Waals surface area contributed by atoms with Crippen LogP contribution in [0.4, 0.5) is 4.39 Å². The first kappa shape index (κ1) is 23.2. The molecule has 0 bridgehead atoms. The van der Waals surface area contributed by atoms with E-state index < -0.39 is 17.7 Å². The third kappa shape index (κ3) is 5.09. The van der Waals surface area contributed by atoms with Crippen molar-refractivity contribution in [2.45, 2.75) is 12.8 Å². The first-order valence-corrected chi connectivity index (χ1v) is 11.3. The van der Waals surface area contributed by atoms with Gasteiger partial charge in [-0.05, 0) is 49.2 Å². The Hall–Kier alpha value is -4.54. The number of aromatic nitrogens is 3. The topological polar surface area (TPSA) is 128 Å². The largest absolute Gasteiger partial charge is 0.484 e. The highest BCUT2D eigenvalue weighted by Crippen LogP contribution is 2.27. The van der Waals surface area contributed by atoms with Gasteiger partial charge in [0.25, 0.3) is 11.6 Å². The summed E-state index contributed by atoms with van der Waals surface area (Å²) in [6.45, 7) is 0.678. The lowest BCUT2D eigenvalue weighted by atomic mass is 9.97. The summed E-state index contributed by atoms with van der Waals surface area (Å²) in [6, 6.07) is 12.7. The van der Waals surface area contributed by atoms with Gasteiger partial charge in [0.15, 0.2) is 18.2 Å². The number of aliphatic carboxylic acids is 1. The summed E-state index contributed by atoms with van der Waals surface area (Å²) in [5.41, 5.74) is 1.24. The molecular weight excluding hydrogens is 471 g/mol. The third-order valence-electron chi connectivity index (χ3n) is 5.83. The van der Waals surface area contributed by atoms with Crippen LogP contribution in [0.25, 0.3) is 22.7 Å². The van der Waals surface area contributed by atoms with E-state index in [4.69, 9.17) is 19.0 Å². The van der Waals surface area contributed by atoms with Crippen LogP contribution in [0.1, 0.15) is 12.8 Å². The highest BCUT2D eigenvalue weighted by molar-refractivity contribution is 5.78. The fraction of sp³-hybridized carbons (Fsp3) is 0.240. The number of rotatable bonds is 7. The lowest BCUT2D eigenvalue weighted by Crippen LogP contribution is -2.42. The molecule has 5 rings (SSSR count). The predicted molar refractivity (Wildman–Crippen MR) is 124 cm³/mol. The van der Waals surface area contributed by atoms with Crippen LogP contribution in [-0.4, -0.2) is 56.5 Å². The number of carboxylic acids is 1. The van der Waals surface area contributed by atoms with Crippen LogP contribution in [0, 0.1) is 11.7 Å². The van der Waals surface area contributed by atoms with Gasteiger partial charge in [0, 0.05) is 18.7 Å². The molecule has 1 N–H and O–H groups in total. The molecule has 3 heterocycles. The molecule has 184 valence electrons. The van der Waals surface area contributed by atoms with E-state index in [9.17, 15) is 14.0 Å². The molecule has 1 aliphatic rings. The van der Waals surface area contributed by atoms with Crippen molar-refractivity contribution in [3.63, 3.8) is 0 Å². The number of fused-ring (bicyclic) bond motifs is 1. The molecule has 10 nitrogen and oxygen atoms in total. The molecule has 11 heteroatoms. The summed E-state index contributed by atoms with van der Waals surface area (Å²) in [5, 5.41) is 9.07. The second kappa shape index (κ2) is 9.98. The van der Waals surface area contributed by atoms with Crippen LogP contribution in [0.15, 0.2) is 59.1 Å². The number of para-hydroxylation sites is 1. The molecule has 2 aromatic carbocycles. The zero-order valence-electron chi connectivity index (χ0n) is 19.0. The number of ether oxygens (including phenoxy) is 2. The van der Waals surface area contributed by atoms with E-state index in [1.54, 1.807) is 41.3 Å². The summed E-state index contributed by atoms with van der Waals surface area (Å²) in [5.74, 6) is -1.15. The van der Waals surface area contributed by atoms with E-state index in [1.807, 2.05) is 0 Å². The lowest BCUT2D eigenvalue weighted by Gasteiger charge is -2.30. The van der Waals surface area contributed by atoms with Crippen molar-refractivity contribution in [3.8, 4) is 29.0 Å². The number of carbonyl (C=O) groups is 2. The predicted octanol–water partition coefficient (Wildman–Crippen LogP) is 3.92. The number of halogens is 1. The Morgan fingerprint density at radius 1 is 1.08 bits per heavy atom. The van der Waals surface area contributed by atoms with Gasteiger partial charge in [-0.3, -0.25) is 9.59 Å². The summed E-state index contributed by atoms with van der Waals surface area (Å²) < 4.78 is 30.5.